The SMILES string of the molecule is CNC(=O)[C@@H](N)Cc1ccc(OC(C)(C)C)cc1. The second-order valence-corrected chi connectivity index (χ2v) is 5.28. The molecule has 3 N–H and O–H groups in total. The molecule has 100 valence electrons. The van der Waals surface area contributed by atoms with Gasteiger partial charge in [-0.15, -0.1) is 0 Å². The summed E-state index contributed by atoms with van der Waals surface area (Å²) in [5.41, 5.74) is 6.57. The lowest BCUT2D eigenvalue weighted by molar-refractivity contribution is -0.121. The number of likely N-dealkylation sites (N-methyl/N-ethyl adjacent to an activating group) is 1. The maximum absolute atomic E-state index is 11.3. The summed E-state index contributed by atoms with van der Waals surface area (Å²) < 4.78 is 5.72. The van der Waals surface area contributed by atoms with Gasteiger partial charge in [0, 0.05) is 7.05 Å². The summed E-state index contributed by atoms with van der Waals surface area (Å²) in [6.07, 6.45) is 0.523. The van der Waals surface area contributed by atoms with Crippen LogP contribution in [-0.4, -0.2) is 24.6 Å². The largest absolute Gasteiger partial charge is 0.488 e. The molecule has 0 aliphatic heterocycles. The van der Waals surface area contributed by atoms with Gasteiger partial charge in [-0.1, -0.05) is 12.1 Å². The maximum Gasteiger partial charge on any atom is 0.237 e. The van der Waals surface area contributed by atoms with Gasteiger partial charge in [0.2, 0.25) is 5.91 Å². The Kier molecular flexibility index (Phi) is 4.73. The van der Waals surface area contributed by atoms with E-state index in [0.717, 1.165) is 11.3 Å². The minimum atomic E-state index is -0.510. The minimum absolute atomic E-state index is 0.148. The first kappa shape index (κ1) is 14.5. The van der Waals surface area contributed by atoms with Gasteiger partial charge in [0.05, 0.1) is 6.04 Å². The lowest BCUT2D eigenvalue weighted by Gasteiger charge is -2.21. The summed E-state index contributed by atoms with van der Waals surface area (Å²) in [5, 5.41) is 2.54. The highest BCUT2D eigenvalue weighted by Crippen LogP contribution is 2.18. The van der Waals surface area contributed by atoms with Gasteiger partial charge in [-0.2, -0.15) is 0 Å². The highest BCUT2D eigenvalue weighted by atomic mass is 16.5. The fraction of sp³-hybridized carbons (Fsp3) is 0.500. The van der Waals surface area contributed by atoms with Crippen molar-refractivity contribution in [3.05, 3.63) is 29.8 Å². The van der Waals surface area contributed by atoms with Gasteiger partial charge < -0.3 is 15.8 Å². The number of nitrogens with one attached hydrogen (secondary N) is 1. The minimum Gasteiger partial charge on any atom is -0.488 e. The Morgan fingerprint density at radius 3 is 2.33 bits per heavy atom. The van der Waals surface area contributed by atoms with Gasteiger partial charge in [-0.05, 0) is 44.9 Å². The van der Waals surface area contributed by atoms with Crippen LogP contribution >= 0.6 is 0 Å². The molecule has 0 fully saturated rings. The van der Waals surface area contributed by atoms with Gasteiger partial charge in [0.15, 0.2) is 0 Å². The molecule has 0 spiro atoms. The van der Waals surface area contributed by atoms with Crippen LogP contribution in [0.5, 0.6) is 5.75 Å². The van der Waals surface area contributed by atoms with Crippen molar-refractivity contribution >= 4 is 5.91 Å². The standard InChI is InChI=1S/C14H22N2O2/c1-14(2,3)18-11-7-5-10(6-8-11)9-12(15)13(17)16-4/h5-8,12H,9,15H2,1-4H3,(H,16,17)/t12-/m0/s1. The Morgan fingerprint density at radius 1 is 1.33 bits per heavy atom. The smallest absolute Gasteiger partial charge is 0.237 e. The molecule has 0 aliphatic rings. The van der Waals surface area contributed by atoms with Crippen molar-refractivity contribution in [2.45, 2.75) is 38.8 Å². The average Bonchev–Trinajstić information content (AvgIpc) is 2.28. The first-order valence-electron chi connectivity index (χ1n) is 6.07. The van der Waals surface area contributed by atoms with Crippen LogP contribution in [0.4, 0.5) is 0 Å². The second kappa shape index (κ2) is 5.87. The van der Waals surface area contributed by atoms with Gasteiger partial charge in [0.1, 0.15) is 11.4 Å². The highest BCUT2D eigenvalue weighted by Gasteiger charge is 2.13. The number of carbonyl (C=O) groups is 1. The predicted molar refractivity (Wildman–Crippen MR) is 72.6 cm³/mol. The molecule has 1 atom stereocenters. The molecule has 1 amide bonds. The fourth-order valence-corrected chi connectivity index (χ4v) is 1.58. The summed E-state index contributed by atoms with van der Waals surface area (Å²) in [6.45, 7) is 6.01. The van der Waals surface area contributed by atoms with Crippen molar-refractivity contribution in [1.29, 1.82) is 0 Å². The van der Waals surface area contributed by atoms with Crippen LogP contribution in [0.15, 0.2) is 24.3 Å². The van der Waals surface area contributed by atoms with Crippen LogP contribution in [0.1, 0.15) is 26.3 Å². The third kappa shape index (κ3) is 4.75. The molecular weight excluding hydrogens is 228 g/mol. The number of rotatable bonds is 4. The molecule has 0 saturated carbocycles. The lowest BCUT2D eigenvalue weighted by atomic mass is 10.1. The molecular formula is C14H22N2O2. The number of benzene rings is 1. The fourth-order valence-electron chi connectivity index (χ4n) is 1.58. The molecule has 4 heteroatoms. The Balaban J connectivity index is 2.63. The van der Waals surface area contributed by atoms with E-state index in [1.165, 1.54) is 0 Å². The molecule has 0 saturated heterocycles. The normalized spacial score (nSPS) is 12.9. The third-order valence-electron chi connectivity index (χ3n) is 2.39. The van der Waals surface area contributed by atoms with Crippen LogP contribution in [0, 0.1) is 0 Å². The van der Waals surface area contributed by atoms with E-state index in [4.69, 9.17) is 10.5 Å². The topological polar surface area (TPSA) is 64.4 Å². The molecule has 0 unspecified atom stereocenters. The molecule has 0 heterocycles. The summed E-state index contributed by atoms with van der Waals surface area (Å²) in [7, 11) is 1.59. The Labute approximate surface area is 109 Å². The van der Waals surface area contributed by atoms with Crippen molar-refractivity contribution < 1.29 is 9.53 Å². The zero-order valence-electron chi connectivity index (χ0n) is 11.5. The molecule has 0 aromatic heterocycles. The van der Waals surface area contributed by atoms with E-state index in [1.54, 1.807) is 7.05 Å². The quantitative estimate of drug-likeness (QED) is 0.850. The summed E-state index contributed by atoms with van der Waals surface area (Å²) in [6, 6.07) is 7.16. The van der Waals surface area contributed by atoms with E-state index in [1.807, 2.05) is 45.0 Å². The zero-order valence-corrected chi connectivity index (χ0v) is 11.5. The Bertz CT molecular complexity index is 393. The molecule has 0 aliphatic carbocycles. The Morgan fingerprint density at radius 2 is 1.89 bits per heavy atom. The van der Waals surface area contributed by atoms with Crippen LogP contribution in [0.25, 0.3) is 0 Å². The number of amides is 1. The van der Waals surface area contributed by atoms with Crippen LogP contribution in [-0.2, 0) is 11.2 Å². The monoisotopic (exact) mass is 250 g/mol. The molecule has 1 aromatic carbocycles. The molecule has 4 nitrogen and oxygen atoms in total. The molecule has 1 aromatic rings. The van der Waals surface area contributed by atoms with Gasteiger partial charge in [-0.3, -0.25) is 4.79 Å². The third-order valence-corrected chi connectivity index (χ3v) is 2.39. The molecule has 0 radical (unpaired) electrons. The highest BCUT2D eigenvalue weighted by molar-refractivity contribution is 5.81. The molecule has 18 heavy (non-hydrogen) atoms. The molecule has 0 bridgehead atoms. The number of hydrogen-bond donors (Lipinski definition) is 2. The number of carbonyl (C=O) groups excluding carboxylic acids is 1. The average molecular weight is 250 g/mol. The number of ether oxygens (including phenoxy) is 1. The van der Waals surface area contributed by atoms with Crippen molar-refractivity contribution in [1.82, 2.24) is 5.32 Å². The van der Waals surface area contributed by atoms with E-state index in [2.05, 4.69) is 5.32 Å². The zero-order chi connectivity index (χ0) is 13.8. The van der Waals surface area contributed by atoms with Crippen molar-refractivity contribution in [2.24, 2.45) is 5.73 Å². The summed E-state index contributed by atoms with van der Waals surface area (Å²) in [5.74, 6) is 0.671. The van der Waals surface area contributed by atoms with Gasteiger partial charge in [0.25, 0.3) is 0 Å². The Hall–Kier alpha value is -1.55. The maximum atomic E-state index is 11.3. The van der Waals surface area contributed by atoms with Crippen molar-refractivity contribution in [3.8, 4) is 5.75 Å². The van der Waals surface area contributed by atoms with Crippen molar-refractivity contribution in [3.63, 3.8) is 0 Å². The molecule has 1 rings (SSSR count). The van der Waals surface area contributed by atoms with Crippen LogP contribution in [0.2, 0.25) is 0 Å². The number of hydrogen-bond acceptors (Lipinski definition) is 3. The lowest BCUT2D eigenvalue weighted by Crippen LogP contribution is -2.40. The van der Waals surface area contributed by atoms with E-state index >= 15 is 0 Å². The van der Waals surface area contributed by atoms with Crippen LogP contribution in [0.3, 0.4) is 0 Å². The van der Waals surface area contributed by atoms with Gasteiger partial charge in [-0.25, -0.2) is 0 Å². The summed E-state index contributed by atoms with van der Waals surface area (Å²) in [4.78, 5) is 11.3. The number of nitrogens with two attached hydrogens (primary N) is 1. The van der Waals surface area contributed by atoms with E-state index in [9.17, 15) is 4.79 Å². The van der Waals surface area contributed by atoms with Crippen LogP contribution < -0.4 is 15.8 Å². The second-order valence-electron chi connectivity index (χ2n) is 5.28. The first-order valence-corrected chi connectivity index (χ1v) is 6.07. The predicted octanol–water partition coefficient (Wildman–Crippen LogP) is 1.48. The first-order chi connectivity index (χ1) is 8.31. The summed E-state index contributed by atoms with van der Waals surface area (Å²) >= 11 is 0. The van der Waals surface area contributed by atoms with Gasteiger partial charge >= 0.3 is 0 Å². The van der Waals surface area contributed by atoms with Crippen molar-refractivity contribution in [2.75, 3.05) is 7.05 Å². The van der Waals surface area contributed by atoms with E-state index < -0.39 is 6.04 Å². The van der Waals surface area contributed by atoms with E-state index in [0.29, 0.717) is 6.42 Å². The van der Waals surface area contributed by atoms with E-state index in [-0.39, 0.29) is 11.5 Å².